The molecule has 10 heteroatoms. The van der Waals surface area contributed by atoms with Crippen molar-refractivity contribution in [3.63, 3.8) is 0 Å². The summed E-state index contributed by atoms with van der Waals surface area (Å²) in [5, 5.41) is 8.94. The minimum Gasteiger partial charge on any atom is -0.482 e. The quantitative estimate of drug-likeness (QED) is 0.572. The number of amides is 1. The van der Waals surface area contributed by atoms with Crippen molar-refractivity contribution in [3.8, 4) is 16.2 Å². The molecule has 0 saturated carbocycles. The zero-order chi connectivity index (χ0) is 20.4. The Morgan fingerprint density at radius 2 is 2.24 bits per heavy atom. The van der Waals surface area contributed by atoms with Crippen LogP contribution in [0.3, 0.4) is 0 Å². The molecule has 3 heterocycles. The van der Waals surface area contributed by atoms with E-state index >= 15 is 0 Å². The predicted molar refractivity (Wildman–Crippen MR) is 108 cm³/mol. The molecule has 0 radical (unpaired) electrons. The summed E-state index contributed by atoms with van der Waals surface area (Å²) in [5.41, 5.74) is 7.13. The number of benzene rings is 1. The van der Waals surface area contributed by atoms with Crippen LogP contribution in [0, 0.1) is 0 Å². The van der Waals surface area contributed by atoms with Crippen LogP contribution in [0.4, 0.5) is 10.1 Å². The fourth-order valence-corrected chi connectivity index (χ4v) is 4.26. The Morgan fingerprint density at radius 1 is 1.38 bits per heavy atom. The third-order valence-corrected chi connectivity index (χ3v) is 5.87. The molecule has 29 heavy (non-hydrogen) atoms. The van der Waals surface area contributed by atoms with Crippen molar-refractivity contribution in [1.82, 2.24) is 14.8 Å². The molecule has 150 valence electrons. The van der Waals surface area contributed by atoms with E-state index in [-0.39, 0.29) is 31.2 Å². The Balaban J connectivity index is 1.69. The number of thiophene rings is 1. The second kappa shape index (κ2) is 8.02. The van der Waals surface area contributed by atoms with Crippen LogP contribution in [0.1, 0.15) is 17.3 Å². The normalized spacial score (nSPS) is 14.8. The molecular formula is C19H18FN5O3S. The Hall–Kier alpha value is -3.24. The van der Waals surface area contributed by atoms with Crippen LogP contribution < -0.4 is 21.5 Å². The van der Waals surface area contributed by atoms with Crippen LogP contribution in [0.2, 0.25) is 0 Å². The first-order valence-electron chi connectivity index (χ1n) is 8.85. The maximum absolute atomic E-state index is 13.1. The van der Waals surface area contributed by atoms with Gasteiger partial charge in [-0.2, -0.15) is 5.10 Å². The van der Waals surface area contributed by atoms with Crippen LogP contribution in [0.15, 0.2) is 53.4 Å². The van der Waals surface area contributed by atoms with Gasteiger partial charge in [0, 0.05) is 16.3 Å². The first-order chi connectivity index (χ1) is 14.1. The number of carbonyl (C=O) groups excluding carboxylic acids is 1. The first-order valence-corrected chi connectivity index (χ1v) is 9.67. The summed E-state index contributed by atoms with van der Waals surface area (Å²) >= 11 is 1.47. The Labute approximate surface area is 168 Å². The zero-order valence-electron chi connectivity index (χ0n) is 15.2. The van der Waals surface area contributed by atoms with Crippen LogP contribution in [0.5, 0.6) is 5.75 Å². The van der Waals surface area contributed by atoms with Gasteiger partial charge in [0.1, 0.15) is 12.1 Å². The number of halogens is 1. The lowest BCUT2D eigenvalue weighted by Gasteiger charge is -2.18. The van der Waals surface area contributed by atoms with Crippen LogP contribution in [0.25, 0.3) is 10.4 Å². The molecule has 1 aromatic carbocycles. The number of nitrogens with two attached hydrogens (primary N) is 1. The molecule has 0 spiro atoms. The van der Waals surface area contributed by atoms with Gasteiger partial charge in [0.05, 0.1) is 18.1 Å². The Kier molecular flexibility index (Phi) is 5.28. The highest BCUT2D eigenvalue weighted by Crippen LogP contribution is 2.38. The second-order valence-electron chi connectivity index (χ2n) is 6.51. The number of nitrogens with zero attached hydrogens (tertiary/aromatic N) is 2. The number of rotatable bonds is 6. The average molecular weight is 415 g/mol. The van der Waals surface area contributed by atoms with Crippen molar-refractivity contribution < 1.29 is 13.9 Å². The lowest BCUT2D eigenvalue weighted by atomic mass is 10.1. The van der Waals surface area contributed by atoms with E-state index in [2.05, 4.69) is 15.5 Å². The lowest BCUT2D eigenvalue weighted by Crippen LogP contribution is -2.25. The van der Waals surface area contributed by atoms with Gasteiger partial charge in [0.15, 0.2) is 6.61 Å². The van der Waals surface area contributed by atoms with Gasteiger partial charge >= 0.3 is 5.69 Å². The number of carbonyl (C=O) groups is 1. The van der Waals surface area contributed by atoms with Crippen LogP contribution in [-0.2, 0) is 4.79 Å². The molecule has 1 aliphatic rings. The van der Waals surface area contributed by atoms with Gasteiger partial charge in [-0.1, -0.05) is 0 Å². The van der Waals surface area contributed by atoms with E-state index in [9.17, 15) is 14.0 Å². The van der Waals surface area contributed by atoms with Crippen LogP contribution in [-0.4, -0.2) is 33.8 Å². The predicted octanol–water partition coefficient (Wildman–Crippen LogP) is 2.42. The van der Waals surface area contributed by atoms with Gasteiger partial charge in [0.25, 0.3) is 5.91 Å². The summed E-state index contributed by atoms with van der Waals surface area (Å²) in [7, 11) is 0. The van der Waals surface area contributed by atoms with Gasteiger partial charge in [-0.25, -0.2) is 14.3 Å². The smallest absolute Gasteiger partial charge is 0.343 e. The molecule has 1 amide bonds. The third kappa shape index (κ3) is 3.84. The summed E-state index contributed by atoms with van der Waals surface area (Å²) in [6.45, 7) is 0.0601. The van der Waals surface area contributed by atoms with E-state index in [1.54, 1.807) is 6.07 Å². The molecule has 1 atom stereocenters. The van der Waals surface area contributed by atoms with Crippen molar-refractivity contribution in [2.45, 2.75) is 12.5 Å². The standard InChI is InChI=1S/C19H18FN5O3S/c20-7-11(8-21)5-14(25-10-22-24-19(25)27)17-4-3-16(29-17)12-1-2-15-13(6-12)23-18(26)9-28-15/h1-4,6-7,10,14H,5,8-9,21H2,(H,23,26)(H,24,27)/b11-7-. The van der Waals surface area contributed by atoms with Gasteiger partial charge in [-0.15, -0.1) is 11.3 Å². The number of hydrogen-bond acceptors (Lipinski definition) is 6. The van der Waals surface area contributed by atoms with Crippen molar-refractivity contribution in [2.24, 2.45) is 5.73 Å². The van der Waals surface area contributed by atoms with Crippen LogP contribution >= 0.6 is 11.3 Å². The average Bonchev–Trinajstić information content (AvgIpc) is 3.38. The minimum absolute atomic E-state index is 0.00218. The second-order valence-corrected chi connectivity index (χ2v) is 7.63. The Bertz CT molecular complexity index is 1130. The number of aromatic amines is 1. The monoisotopic (exact) mass is 415 g/mol. The molecule has 2 aromatic heterocycles. The SMILES string of the molecule is NC/C(=C\F)CC(c1ccc(-c2ccc3c(c2)NC(=O)CO3)s1)n1cn[nH]c1=O. The van der Waals surface area contributed by atoms with E-state index < -0.39 is 6.04 Å². The highest BCUT2D eigenvalue weighted by atomic mass is 32.1. The number of ether oxygens (including phenoxy) is 1. The number of anilines is 1. The molecule has 4 rings (SSSR count). The summed E-state index contributed by atoms with van der Waals surface area (Å²) in [6, 6.07) is 8.93. The molecule has 4 N–H and O–H groups in total. The van der Waals surface area contributed by atoms with E-state index in [0.717, 1.165) is 15.3 Å². The molecule has 0 saturated heterocycles. The molecule has 0 aliphatic carbocycles. The van der Waals surface area contributed by atoms with E-state index in [4.69, 9.17) is 10.5 Å². The minimum atomic E-state index is -0.439. The molecule has 8 nitrogen and oxygen atoms in total. The lowest BCUT2D eigenvalue weighted by molar-refractivity contribution is -0.118. The zero-order valence-corrected chi connectivity index (χ0v) is 16.0. The van der Waals surface area contributed by atoms with Crippen molar-refractivity contribution in [2.75, 3.05) is 18.5 Å². The fourth-order valence-electron chi connectivity index (χ4n) is 3.16. The third-order valence-electron chi connectivity index (χ3n) is 4.64. The van der Waals surface area contributed by atoms with Gasteiger partial charge in [-0.05, 0) is 47.9 Å². The van der Waals surface area contributed by atoms with E-state index in [1.165, 1.54) is 22.2 Å². The van der Waals surface area contributed by atoms with Crippen molar-refractivity contribution in [3.05, 3.63) is 63.9 Å². The maximum Gasteiger partial charge on any atom is 0.343 e. The molecule has 1 aliphatic heterocycles. The highest BCUT2D eigenvalue weighted by Gasteiger charge is 2.21. The topological polar surface area (TPSA) is 115 Å². The maximum atomic E-state index is 13.1. The van der Waals surface area contributed by atoms with Crippen molar-refractivity contribution >= 4 is 22.9 Å². The number of fused-ring (bicyclic) bond motifs is 1. The molecule has 0 bridgehead atoms. The number of hydrogen-bond donors (Lipinski definition) is 3. The first kappa shape index (κ1) is 19.1. The number of nitrogens with one attached hydrogen (secondary N) is 2. The Morgan fingerprint density at radius 3 is 2.97 bits per heavy atom. The highest BCUT2D eigenvalue weighted by molar-refractivity contribution is 7.15. The van der Waals surface area contributed by atoms with E-state index in [0.29, 0.717) is 23.3 Å². The van der Waals surface area contributed by atoms with Gasteiger partial charge in [-0.3, -0.25) is 9.36 Å². The molecule has 0 fully saturated rings. The summed E-state index contributed by atoms with van der Waals surface area (Å²) < 4.78 is 20.0. The van der Waals surface area contributed by atoms with Gasteiger partial charge < -0.3 is 15.8 Å². The fraction of sp³-hybridized carbons (Fsp3) is 0.211. The summed E-state index contributed by atoms with van der Waals surface area (Å²) in [4.78, 5) is 25.5. The molecule has 3 aromatic rings. The van der Waals surface area contributed by atoms with Crippen molar-refractivity contribution in [1.29, 1.82) is 0 Å². The molecule has 1 unspecified atom stereocenters. The largest absolute Gasteiger partial charge is 0.482 e. The summed E-state index contributed by atoms with van der Waals surface area (Å²) in [6.07, 6.45) is 2.13. The van der Waals surface area contributed by atoms with Gasteiger partial charge in [0.2, 0.25) is 0 Å². The number of aromatic nitrogens is 3. The summed E-state index contributed by atoms with van der Waals surface area (Å²) in [5.74, 6) is 0.418. The van der Waals surface area contributed by atoms with E-state index in [1.807, 2.05) is 24.3 Å². The molecular weight excluding hydrogens is 397 g/mol. The number of H-pyrrole nitrogens is 1.